The number of benzene rings is 1. The number of nitrogens with two attached hydrogens (primary N) is 1. The molecule has 24 heavy (non-hydrogen) atoms. The zero-order valence-corrected chi connectivity index (χ0v) is 13.0. The monoisotopic (exact) mass is 352 g/mol. The van der Waals surface area contributed by atoms with Crippen LogP contribution in [0.15, 0.2) is 12.1 Å². The van der Waals surface area contributed by atoms with Gasteiger partial charge in [0.2, 0.25) is 0 Å². The molecule has 1 aliphatic rings. The fourth-order valence-corrected chi connectivity index (χ4v) is 3.76. The Labute approximate surface area is 137 Å². The van der Waals surface area contributed by atoms with Crippen LogP contribution in [0, 0.1) is 17.5 Å². The fraction of sp³-hybridized carbons (Fsp3) is 0.200. The third-order valence-electron chi connectivity index (χ3n) is 4.02. The van der Waals surface area contributed by atoms with E-state index in [0.717, 1.165) is 10.6 Å². The topological polar surface area (TPSA) is 75.0 Å². The van der Waals surface area contributed by atoms with E-state index in [1.807, 2.05) is 0 Å². The van der Waals surface area contributed by atoms with Crippen LogP contribution < -0.4 is 5.73 Å². The summed E-state index contributed by atoms with van der Waals surface area (Å²) < 4.78 is 40.8. The number of aromatic nitrogens is 2. The first kappa shape index (κ1) is 15.0. The standard InChI is InChI=1S/C15H11F3N4OS/c16-7-4-8(17)12(18)13-6(7)3-10(20-13)14(23)22-2-1-9-11(5-22)24-15(19)21-9/h3-4,20H,1-2,5H2,(H2,19,21). The number of carbonyl (C=O) groups excluding carboxylic acids is 1. The maximum atomic E-state index is 13.8. The molecule has 0 saturated heterocycles. The number of nitrogens with zero attached hydrogens (tertiary/aromatic N) is 2. The molecule has 2 aromatic heterocycles. The van der Waals surface area contributed by atoms with Crippen molar-refractivity contribution in [1.29, 1.82) is 0 Å². The largest absolute Gasteiger partial charge is 0.375 e. The first-order valence-electron chi connectivity index (χ1n) is 7.13. The number of nitrogen functional groups attached to an aromatic ring is 1. The Morgan fingerprint density at radius 1 is 1.29 bits per heavy atom. The number of thiazole rings is 1. The lowest BCUT2D eigenvalue weighted by Gasteiger charge is -2.25. The molecule has 0 radical (unpaired) electrons. The third-order valence-corrected chi connectivity index (χ3v) is 4.93. The van der Waals surface area contributed by atoms with Gasteiger partial charge in [0.05, 0.1) is 17.8 Å². The second-order valence-corrected chi connectivity index (χ2v) is 6.64. The molecule has 3 N–H and O–H groups in total. The molecule has 124 valence electrons. The Bertz CT molecular complexity index is 981. The number of nitrogens with one attached hydrogen (secondary N) is 1. The molecule has 4 rings (SSSR count). The Morgan fingerprint density at radius 3 is 2.88 bits per heavy atom. The van der Waals surface area contributed by atoms with Crippen LogP contribution in [0.5, 0.6) is 0 Å². The van der Waals surface area contributed by atoms with E-state index in [0.29, 0.717) is 30.7 Å². The van der Waals surface area contributed by atoms with E-state index in [1.165, 1.54) is 22.3 Å². The van der Waals surface area contributed by atoms with E-state index in [4.69, 9.17) is 5.73 Å². The SMILES string of the molecule is Nc1nc2c(s1)CN(C(=O)c1cc3c(F)cc(F)c(F)c3[nH]1)CC2. The molecule has 9 heteroatoms. The lowest BCUT2D eigenvalue weighted by molar-refractivity contribution is 0.0731. The highest BCUT2D eigenvalue weighted by molar-refractivity contribution is 7.15. The number of aromatic amines is 1. The molecule has 0 spiro atoms. The molecule has 0 unspecified atom stereocenters. The normalized spacial score (nSPS) is 14.2. The molecule has 0 bridgehead atoms. The summed E-state index contributed by atoms with van der Waals surface area (Å²) in [7, 11) is 0. The van der Waals surface area contributed by atoms with E-state index in [-0.39, 0.29) is 16.6 Å². The van der Waals surface area contributed by atoms with Crippen LogP contribution in [0.3, 0.4) is 0 Å². The van der Waals surface area contributed by atoms with Crippen molar-refractivity contribution < 1.29 is 18.0 Å². The van der Waals surface area contributed by atoms with Gasteiger partial charge in [-0.05, 0) is 6.07 Å². The molecule has 0 saturated carbocycles. The summed E-state index contributed by atoms with van der Waals surface area (Å²) in [5.74, 6) is -3.84. The zero-order valence-electron chi connectivity index (χ0n) is 12.2. The van der Waals surface area contributed by atoms with Gasteiger partial charge in [-0.15, -0.1) is 11.3 Å². The van der Waals surface area contributed by atoms with Gasteiger partial charge >= 0.3 is 0 Å². The number of rotatable bonds is 1. The summed E-state index contributed by atoms with van der Waals surface area (Å²) in [5, 5.41) is 0.288. The molecular formula is C15H11F3N4OS. The second kappa shape index (κ2) is 5.23. The van der Waals surface area contributed by atoms with Crippen molar-refractivity contribution >= 4 is 33.3 Å². The van der Waals surface area contributed by atoms with Gasteiger partial charge in [0.1, 0.15) is 11.5 Å². The molecule has 3 aromatic rings. The Hall–Kier alpha value is -2.55. The minimum atomic E-state index is -1.30. The summed E-state index contributed by atoms with van der Waals surface area (Å²) in [6.07, 6.45) is 0.562. The van der Waals surface area contributed by atoms with Crippen molar-refractivity contribution in [3.8, 4) is 0 Å². The van der Waals surface area contributed by atoms with Gasteiger partial charge in [0, 0.05) is 29.3 Å². The highest BCUT2D eigenvalue weighted by atomic mass is 32.1. The highest BCUT2D eigenvalue weighted by Crippen LogP contribution is 2.29. The van der Waals surface area contributed by atoms with E-state index >= 15 is 0 Å². The van der Waals surface area contributed by atoms with Crippen LogP contribution in [-0.2, 0) is 13.0 Å². The first-order valence-corrected chi connectivity index (χ1v) is 7.95. The Morgan fingerprint density at radius 2 is 2.08 bits per heavy atom. The van der Waals surface area contributed by atoms with Crippen molar-refractivity contribution in [2.24, 2.45) is 0 Å². The minimum Gasteiger partial charge on any atom is -0.375 e. The van der Waals surface area contributed by atoms with Gasteiger partial charge in [-0.2, -0.15) is 0 Å². The van der Waals surface area contributed by atoms with Crippen LogP contribution in [-0.4, -0.2) is 27.3 Å². The third kappa shape index (κ3) is 2.23. The van der Waals surface area contributed by atoms with Crippen LogP contribution in [0.25, 0.3) is 10.9 Å². The van der Waals surface area contributed by atoms with Crippen LogP contribution in [0.2, 0.25) is 0 Å². The number of hydrogen-bond acceptors (Lipinski definition) is 4. The van der Waals surface area contributed by atoms with Crippen LogP contribution in [0.4, 0.5) is 18.3 Å². The second-order valence-electron chi connectivity index (χ2n) is 5.52. The van der Waals surface area contributed by atoms with Crippen molar-refractivity contribution in [3.63, 3.8) is 0 Å². The molecule has 3 heterocycles. The average molecular weight is 352 g/mol. The Kier molecular flexibility index (Phi) is 3.27. The molecule has 5 nitrogen and oxygen atoms in total. The summed E-state index contributed by atoms with van der Waals surface area (Å²) in [5.41, 5.74) is 6.20. The van der Waals surface area contributed by atoms with Gasteiger partial charge in [0.25, 0.3) is 5.91 Å². The number of hydrogen-bond donors (Lipinski definition) is 2. The summed E-state index contributed by atoms with van der Waals surface area (Å²) in [6, 6.07) is 1.67. The molecule has 1 aromatic carbocycles. The number of carbonyl (C=O) groups is 1. The predicted molar refractivity (Wildman–Crippen MR) is 83.1 cm³/mol. The van der Waals surface area contributed by atoms with E-state index in [1.54, 1.807) is 0 Å². The average Bonchev–Trinajstić information content (AvgIpc) is 3.14. The van der Waals surface area contributed by atoms with Gasteiger partial charge in [-0.1, -0.05) is 0 Å². The van der Waals surface area contributed by atoms with Crippen LogP contribution >= 0.6 is 11.3 Å². The lowest BCUT2D eigenvalue weighted by atomic mass is 10.1. The predicted octanol–water partition coefficient (Wildman–Crippen LogP) is 2.82. The molecule has 0 aliphatic carbocycles. The van der Waals surface area contributed by atoms with E-state index < -0.39 is 23.4 Å². The van der Waals surface area contributed by atoms with E-state index in [9.17, 15) is 18.0 Å². The number of amides is 1. The minimum absolute atomic E-state index is 0.00865. The lowest BCUT2D eigenvalue weighted by Crippen LogP contribution is -2.35. The number of anilines is 1. The summed E-state index contributed by atoms with van der Waals surface area (Å²) in [6.45, 7) is 0.751. The maximum Gasteiger partial charge on any atom is 0.270 e. The van der Waals surface area contributed by atoms with Gasteiger partial charge < -0.3 is 15.6 Å². The molecule has 1 amide bonds. The van der Waals surface area contributed by atoms with Crippen molar-refractivity contribution in [3.05, 3.63) is 45.8 Å². The molecule has 0 fully saturated rings. The van der Waals surface area contributed by atoms with Gasteiger partial charge in [-0.25, -0.2) is 18.2 Å². The van der Waals surface area contributed by atoms with Gasteiger partial charge in [0.15, 0.2) is 16.8 Å². The first-order chi connectivity index (χ1) is 11.4. The fourth-order valence-electron chi connectivity index (χ4n) is 2.86. The summed E-state index contributed by atoms with van der Waals surface area (Å²) in [4.78, 5) is 21.7. The maximum absolute atomic E-state index is 13.8. The quantitative estimate of drug-likeness (QED) is 0.662. The van der Waals surface area contributed by atoms with Crippen molar-refractivity contribution in [2.75, 3.05) is 12.3 Å². The number of H-pyrrole nitrogens is 1. The zero-order chi connectivity index (χ0) is 17.0. The van der Waals surface area contributed by atoms with E-state index in [2.05, 4.69) is 9.97 Å². The van der Waals surface area contributed by atoms with Crippen molar-refractivity contribution in [1.82, 2.24) is 14.9 Å². The summed E-state index contributed by atoms with van der Waals surface area (Å²) >= 11 is 1.31. The molecule has 0 atom stereocenters. The number of halogens is 3. The molecular weight excluding hydrogens is 341 g/mol. The van der Waals surface area contributed by atoms with Crippen molar-refractivity contribution in [2.45, 2.75) is 13.0 Å². The Balaban J connectivity index is 1.69. The molecule has 1 aliphatic heterocycles. The highest BCUT2D eigenvalue weighted by Gasteiger charge is 2.26. The smallest absolute Gasteiger partial charge is 0.270 e. The van der Waals surface area contributed by atoms with Gasteiger partial charge in [-0.3, -0.25) is 4.79 Å². The number of fused-ring (bicyclic) bond motifs is 2. The van der Waals surface area contributed by atoms with Crippen LogP contribution in [0.1, 0.15) is 21.1 Å².